The van der Waals surface area contributed by atoms with E-state index in [9.17, 15) is 13.2 Å². The van der Waals surface area contributed by atoms with E-state index in [0.717, 1.165) is 22.9 Å². The Hall–Kier alpha value is -2.07. The minimum absolute atomic E-state index is 0.231. The second kappa shape index (κ2) is 8.35. The number of amides is 1. The van der Waals surface area contributed by atoms with Crippen LogP contribution in [0.4, 0.5) is 5.13 Å². The van der Waals surface area contributed by atoms with Crippen LogP contribution in [0.5, 0.6) is 0 Å². The Morgan fingerprint density at radius 3 is 2.34 bits per heavy atom. The van der Waals surface area contributed by atoms with Gasteiger partial charge in [-0.25, -0.2) is 13.4 Å². The second-order valence-electron chi connectivity index (χ2n) is 6.63. The number of rotatable bonds is 5. The summed E-state index contributed by atoms with van der Waals surface area (Å²) in [4.78, 5) is 17.1. The van der Waals surface area contributed by atoms with Crippen LogP contribution in [0.1, 0.15) is 23.2 Å². The van der Waals surface area contributed by atoms with Crippen LogP contribution in [0.3, 0.4) is 0 Å². The fraction of sp³-hybridized carbons (Fsp3) is 0.200. The molecule has 1 N–H and O–H groups in total. The molecule has 0 saturated carbocycles. The van der Waals surface area contributed by atoms with Gasteiger partial charge in [-0.3, -0.25) is 10.1 Å². The van der Waals surface area contributed by atoms with Gasteiger partial charge in [0.1, 0.15) is 0 Å². The van der Waals surface area contributed by atoms with Crippen LogP contribution in [-0.2, 0) is 10.0 Å². The summed E-state index contributed by atoms with van der Waals surface area (Å²) in [6, 6.07) is 13.8. The van der Waals surface area contributed by atoms with Crippen LogP contribution in [0, 0.1) is 0 Å². The van der Waals surface area contributed by atoms with Crippen molar-refractivity contribution in [2.24, 2.45) is 0 Å². The first kappa shape index (κ1) is 20.2. The Balaban J connectivity index is 1.48. The Labute approximate surface area is 181 Å². The number of carbonyl (C=O) groups is 1. The van der Waals surface area contributed by atoms with Crippen LogP contribution < -0.4 is 5.32 Å². The third kappa shape index (κ3) is 4.42. The van der Waals surface area contributed by atoms with Crippen LogP contribution in [-0.4, -0.2) is 36.7 Å². The minimum Gasteiger partial charge on any atom is -0.298 e. The highest BCUT2D eigenvalue weighted by Crippen LogP contribution is 2.28. The molecule has 4 rings (SSSR count). The summed E-state index contributed by atoms with van der Waals surface area (Å²) in [5.74, 6) is -0.231. The average Bonchev–Trinajstić information content (AvgIpc) is 3.41. The van der Waals surface area contributed by atoms with Crippen LogP contribution in [0.2, 0.25) is 0 Å². The van der Waals surface area contributed by atoms with Gasteiger partial charge in [0.05, 0.1) is 10.6 Å². The molecule has 1 amide bonds. The van der Waals surface area contributed by atoms with Crippen molar-refractivity contribution in [1.82, 2.24) is 9.29 Å². The molecule has 0 aliphatic carbocycles. The predicted molar refractivity (Wildman–Crippen MR) is 118 cm³/mol. The Kier molecular flexibility index (Phi) is 5.82. The number of carbonyl (C=O) groups excluding carboxylic acids is 1. The van der Waals surface area contributed by atoms with Gasteiger partial charge in [0.25, 0.3) is 5.91 Å². The van der Waals surface area contributed by atoms with Crippen molar-refractivity contribution in [2.75, 3.05) is 18.4 Å². The number of benzene rings is 2. The number of halogens is 1. The average molecular weight is 492 g/mol. The summed E-state index contributed by atoms with van der Waals surface area (Å²) in [5.41, 5.74) is 2.03. The highest BCUT2D eigenvalue weighted by molar-refractivity contribution is 9.10. The van der Waals surface area contributed by atoms with Crippen LogP contribution in [0.15, 0.2) is 63.3 Å². The Morgan fingerprint density at radius 2 is 1.69 bits per heavy atom. The Bertz CT molecular complexity index is 1120. The zero-order valence-corrected chi connectivity index (χ0v) is 18.6. The van der Waals surface area contributed by atoms with Crippen molar-refractivity contribution in [2.45, 2.75) is 17.7 Å². The van der Waals surface area contributed by atoms with Gasteiger partial charge in [0.2, 0.25) is 10.0 Å². The summed E-state index contributed by atoms with van der Waals surface area (Å²) in [6.07, 6.45) is 1.82. The van der Waals surface area contributed by atoms with Gasteiger partial charge in [-0.15, -0.1) is 11.3 Å². The fourth-order valence-corrected chi connectivity index (χ4v) is 5.61. The Morgan fingerprint density at radius 1 is 1.03 bits per heavy atom. The lowest BCUT2D eigenvalue weighted by molar-refractivity contribution is 0.102. The fourth-order valence-electron chi connectivity index (χ4n) is 3.11. The molecule has 150 valence electrons. The normalized spacial score (nSPS) is 14.8. The SMILES string of the molecule is O=C(Nc1nc(-c2ccc(S(=O)(=O)N3CCCC3)cc2)cs1)c1ccc(Br)cc1. The van der Waals surface area contributed by atoms with Gasteiger partial charge in [-0.05, 0) is 49.2 Å². The predicted octanol–water partition coefficient (Wildman–Crippen LogP) is 4.61. The zero-order valence-electron chi connectivity index (χ0n) is 15.3. The molecule has 1 aromatic heterocycles. The number of hydrogen-bond donors (Lipinski definition) is 1. The van der Waals surface area contributed by atoms with Gasteiger partial charge in [0.15, 0.2) is 5.13 Å². The first-order valence-corrected chi connectivity index (χ1v) is 12.2. The summed E-state index contributed by atoms with van der Waals surface area (Å²) in [5, 5.41) is 5.11. The van der Waals surface area contributed by atoms with Crippen molar-refractivity contribution in [1.29, 1.82) is 0 Å². The van der Waals surface area contributed by atoms with E-state index in [0.29, 0.717) is 34.4 Å². The molecular formula is C20H18BrN3O3S2. The molecule has 0 unspecified atom stereocenters. The van der Waals surface area contributed by atoms with E-state index in [1.165, 1.54) is 15.6 Å². The molecular weight excluding hydrogens is 474 g/mol. The number of anilines is 1. The van der Waals surface area contributed by atoms with E-state index in [1.807, 2.05) is 5.38 Å². The molecule has 1 aliphatic heterocycles. The summed E-state index contributed by atoms with van der Waals surface area (Å²) >= 11 is 4.67. The highest BCUT2D eigenvalue weighted by Gasteiger charge is 2.27. The molecule has 3 aromatic rings. The topological polar surface area (TPSA) is 79.4 Å². The van der Waals surface area contributed by atoms with Gasteiger partial charge >= 0.3 is 0 Å². The number of hydrogen-bond acceptors (Lipinski definition) is 5. The third-order valence-electron chi connectivity index (χ3n) is 4.68. The van der Waals surface area contributed by atoms with E-state index < -0.39 is 10.0 Å². The minimum atomic E-state index is -3.43. The molecule has 1 aliphatic rings. The van der Waals surface area contributed by atoms with Crippen LogP contribution in [0.25, 0.3) is 11.3 Å². The van der Waals surface area contributed by atoms with Crippen molar-refractivity contribution in [3.05, 3.63) is 63.9 Å². The lowest BCUT2D eigenvalue weighted by Gasteiger charge is -2.15. The molecule has 0 atom stereocenters. The largest absolute Gasteiger partial charge is 0.298 e. The third-order valence-corrected chi connectivity index (χ3v) is 7.88. The lowest BCUT2D eigenvalue weighted by Crippen LogP contribution is -2.27. The second-order valence-corrected chi connectivity index (χ2v) is 10.3. The van der Waals surface area contributed by atoms with Crippen molar-refractivity contribution >= 4 is 48.3 Å². The van der Waals surface area contributed by atoms with Crippen molar-refractivity contribution in [3.63, 3.8) is 0 Å². The van der Waals surface area contributed by atoms with Crippen molar-refractivity contribution < 1.29 is 13.2 Å². The van der Waals surface area contributed by atoms with E-state index >= 15 is 0 Å². The molecule has 2 heterocycles. The standard InChI is InChI=1S/C20H18BrN3O3S2/c21-16-7-3-15(4-8-16)19(25)23-20-22-18(13-28-20)14-5-9-17(10-6-14)29(26,27)24-11-1-2-12-24/h3-10,13H,1-2,11-12H2,(H,22,23,25). The van der Waals surface area contributed by atoms with Crippen molar-refractivity contribution in [3.8, 4) is 11.3 Å². The number of aromatic nitrogens is 1. The highest BCUT2D eigenvalue weighted by atomic mass is 79.9. The summed E-state index contributed by atoms with van der Waals surface area (Å²) in [6.45, 7) is 1.16. The van der Waals surface area contributed by atoms with Gasteiger partial charge in [0, 0.05) is 34.1 Å². The molecule has 6 nitrogen and oxygen atoms in total. The zero-order chi connectivity index (χ0) is 20.4. The van der Waals surface area contributed by atoms with Gasteiger partial charge < -0.3 is 0 Å². The quantitative estimate of drug-likeness (QED) is 0.564. The molecule has 0 radical (unpaired) electrons. The maximum absolute atomic E-state index is 12.6. The summed E-state index contributed by atoms with van der Waals surface area (Å²) < 4.78 is 27.7. The number of nitrogens with zero attached hydrogens (tertiary/aromatic N) is 2. The molecule has 1 fully saturated rings. The van der Waals surface area contributed by atoms with Gasteiger partial charge in [-0.2, -0.15) is 4.31 Å². The van der Waals surface area contributed by atoms with E-state index in [2.05, 4.69) is 26.2 Å². The monoisotopic (exact) mass is 491 g/mol. The van der Waals surface area contributed by atoms with E-state index in [4.69, 9.17) is 0 Å². The van der Waals surface area contributed by atoms with Gasteiger partial charge in [-0.1, -0.05) is 28.1 Å². The number of sulfonamides is 1. The molecule has 0 spiro atoms. The molecule has 0 bridgehead atoms. The molecule has 9 heteroatoms. The molecule has 29 heavy (non-hydrogen) atoms. The summed E-state index contributed by atoms with van der Waals surface area (Å²) in [7, 11) is -3.43. The lowest BCUT2D eigenvalue weighted by atomic mass is 10.2. The first-order valence-electron chi connectivity index (χ1n) is 9.06. The first-order chi connectivity index (χ1) is 13.9. The maximum Gasteiger partial charge on any atom is 0.257 e. The van der Waals surface area contributed by atoms with Crippen LogP contribution >= 0.6 is 27.3 Å². The maximum atomic E-state index is 12.6. The molecule has 2 aromatic carbocycles. The number of nitrogens with one attached hydrogen (secondary N) is 1. The molecule has 1 saturated heterocycles. The van der Waals surface area contributed by atoms with E-state index in [1.54, 1.807) is 48.5 Å². The van der Waals surface area contributed by atoms with E-state index in [-0.39, 0.29) is 5.91 Å². The smallest absolute Gasteiger partial charge is 0.257 e. The number of thiazole rings is 1.